The fourth-order valence-electron chi connectivity index (χ4n) is 3.86. The van der Waals surface area contributed by atoms with Crippen LogP contribution in [0.3, 0.4) is 0 Å². The third kappa shape index (κ3) is 5.57. The maximum atomic E-state index is 13.9. The molecule has 7 heteroatoms. The van der Waals surface area contributed by atoms with Gasteiger partial charge in [0.05, 0.1) is 22.5 Å². The third-order valence-corrected chi connectivity index (χ3v) is 6.11. The van der Waals surface area contributed by atoms with Gasteiger partial charge in [0.15, 0.2) is 5.75 Å². The molecule has 178 valence electrons. The van der Waals surface area contributed by atoms with Crippen LogP contribution in [0.4, 0.5) is 10.1 Å². The van der Waals surface area contributed by atoms with Gasteiger partial charge in [0, 0.05) is 27.9 Å². The van der Waals surface area contributed by atoms with Gasteiger partial charge in [0.25, 0.3) is 5.91 Å². The Bertz CT molecular complexity index is 1410. The Morgan fingerprint density at radius 2 is 1.83 bits per heavy atom. The molecule has 1 heterocycles. The molecule has 4 rings (SSSR count). The van der Waals surface area contributed by atoms with Crippen molar-refractivity contribution in [1.29, 1.82) is 0 Å². The minimum atomic E-state index is -0.567. The molecular formula is C28H24BrFN2O3. The van der Waals surface area contributed by atoms with Gasteiger partial charge in [0.1, 0.15) is 5.82 Å². The van der Waals surface area contributed by atoms with Crippen LogP contribution >= 0.6 is 15.9 Å². The van der Waals surface area contributed by atoms with E-state index in [2.05, 4.69) is 21.2 Å². The smallest absolute Gasteiger partial charge is 0.311 e. The Morgan fingerprint density at radius 1 is 1.06 bits per heavy atom. The van der Waals surface area contributed by atoms with Gasteiger partial charge in [-0.2, -0.15) is 0 Å². The predicted octanol–water partition coefficient (Wildman–Crippen LogP) is 7.46. The Kier molecular flexibility index (Phi) is 7.56. The summed E-state index contributed by atoms with van der Waals surface area (Å²) in [4.78, 5) is 30.7. The zero-order chi connectivity index (χ0) is 24.9. The van der Waals surface area contributed by atoms with Crippen LogP contribution < -0.4 is 10.1 Å². The summed E-state index contributed by atoms with van der Waals surface area (Å²) in [5, 5.41) is 3.49. The molecule has 0 aliphatic rings. The van der Waals surface area contributed by atoms with Crippen molar-refractivity contribution in [3.8, 4) is 17.0 Å². The number of nitrogens with one attached hydrogen (secondary N) is 1. The van der Waals surface area contributed by atoms with Crippen LogP contribution in [0.25, 0.3) is 22.2 Å². The van der Waals surface area contributed by atoms with Gasteiger partial charge in [-0.1, -0.05) is 59.6 Å². The van der Waals surface area contributed by atoms with Crippen molar-refractivity contribution in [1.82, 2.24) is 4.98 Å². The number of halogens is 2. The van der Waals surface area contributed by atoms with Crippen molar-refractivity contribution in [2.24, 2.45) is 0 Å². The van der Waals surface area contributed by atoms with Crippen molar-refractivity contribution in [2.75, 3.05) is 5.32 Å². The van der Waals surface area contributed by atoms with Crippen LogP contribution in [0, 0.1) is 12.7 Å². The van der Waals surface area contributed by atoms with E-state index in [0.717, 1.165) is 22.5 Å². The molecule has 5 nitrogen and oxygen atoms in total. The topological polar surface area (TPSA) is 68.3 Å². The molecule has 0 fully saturated rings. The number of unbranched alkanes of at least 4 members (excludes halogenated alkanes) is 1. The first-order valence-corrected chi connectivity index (χ1v) is 12.1. The summed E-state index contributed by atoms with van der Waals surface area (Å²) in [6.45, 7) is 3.81. The van der Waals surface area contributed by atoms with E-state index >= 15 is 0 Å². The summed E-state index contributed by atoms with van der Waals surface area (Å²) in [6.07, 6.45) is 1.70. The number of amides is 1. The Hall–Kier alpha value is -3.58. The number of hydrogen-bond acceptors (Lipinski definition) is 4. The van der Waals surface area contributed by atoms with Crippen LogP contribution in [-0.4, -0.2) is 16.9 Å². The quantitative estimate of drug-likeness (QED) is 0.197. The van der Waals surface area contributed by atoms with Crippen molar-refractivity contribution >= 4 is 44.4 Å². The normalized spacial score (nSPS) is 10.9. The number of benzene rings is 3. The van der Waals surface area contributed by atoms with Crippen LogP contribution in [0.2, 0.25) is 0 Å². The number of hydrogen-bond donors (Lipinski definition) is 1. The first-order chi connectivity index (χ1) is 16.9. The summed E-state index contributed by atoms with van der Waals surface area (Å²) in [5.74, 6) is -1.49. The second-order valence-electron chi connectivity index (χ2n) is 8.16. The van der Waals surface area contributed by atoms with E-state index in [0.29, 0.717) is 34.1 Å². The third-order valence-electron chi connectivity index (χ3n) is 5.61. The molecule has 0 unspecified atom stereocenters. The molecule has 0 saturated heterocycles. The molecule has 4 aromatic rings. The van der Waals surface area contributed by atoms with E-state index in [4.69, 9.17) is 9.72 Å². The number of aromatic nitrogens is 1. The van der Waals surface area contributed by atoms with E-state index in [-0.39, 0.29) is 17.9 Å². The van der Waals surface area contributed by atoms with E-state index < -0.39 is 17.7 Å². The zero-order valence-electron chi connectivity index (χ0n) is 19.4. The lowest BCUT2D eigenvalue weighted by Gasteiger charge is -2.16. The van der Waals surface area contributed by atoms with Gasteiger partial charge in [-0.05, 0) is 49.2 Å². The minimum absolute atomic E-state index is 0.0278. The van der Waals surface area contributed by atoms with Crippen LogP contribution in [0.5, 0.6) is 5.75 Å². The van der Waals surface area contributed by atoms with Crippen LogP contribution in [0.1, 0.15) is 42.1 Å². The molecule has 0 aliphatic carbocycles. The highest BCUT2D eigenvalue weighted by Crippen LogP contribution is 2.33. The first-order valence-electron chi connectivity index (χ1n) is 11.3. The second kappa shape index (κ2) is 10.8. The van der Waals surface area contributed by atoms with Crippen molar-refractivity contribution in [3.63, 3.8) is 0 Å². The molecule has 1 amide bonds. The summed E-state index contributed by atoms with van der Waals surface area (Å²) < 4.78 is 20.1. The van der Waals surface area contributed by atoms with E-state index in [1.165, 1.54) is 12.1 Å². The highest BCUT2D eigenvalue weighted by atomic mass is 79.9. The summed E-state index contributed by atoms with van der Waals surface area (Å²) in [6, 6.07) is 18.9. The van der Waals surface area contributed by atoms with E-state index in [1.807, 2.05) is 62.4 Å². The molecule has 0 saturated carbocycles. The number of pyridine rings is 1. The molecule has 1 N–H and O–H groups in total. The highest BCUT2D eigenvalue weighted by molar-refractivity contribution is 9.10. The van der Waals surface area contributed by atoms with E-state index in [9.17, 15) is 14.0 Å². The monoisotopic (exact) mass is 534 g/mol. The summed E-state index contributed by atoms with van der Waals surface area (Å²) >= 11 is 3.48. The molecule has 0 spiro atoms. The summed E-state index contributed by atoms with van der Waals surface area (Å²) in [7, 11) is 0. The Morgan fingerprint density at radius 3 is 2.57 bits per heavy atom. The average molecular weight is 535 g/mol. The lowest BCUT2D eigenvalue weighted by atomic mass is 9.97. The number of anilines is 1. The van der Waals surface area contributed by atoms with Gasteiger partial charge in [0.2, 0.25) is 0 Å². The zero-order valence-corrected chi connectivity index (χ0v) is 21.0. The first kappa shape index (κ1) is 24.5. The maximum Gasteiger partial charge on any atom is 0.311 e. The number of ether oxygens (including phenoxy) is 1. The van der Waals surface area contributed by atoms with Gasteiger partial charge in [-0.15, -0.1) is 0 Å². The van der Waals surface area contributed by atoms with Crippen molar-refractivity contribution < 1.29 is 18.7 Å². The standard InChI is InChI=1S/C28H24BrFN2O3/c1-3-4-10-25(33)35-24-16-20(30)12-14-23(24)32-28(34)26-17(2)27(18-8-6-5-7-9-18)31-22-13-11-19(29)15-21(22)26/h5-9,11-16H,3-4,10H2,1-2H3,(H,32,34). The molecule has 0 radical (unpaired) electrons. The van der Waals surface area contributed by atoms with Crippen molar-refractivity contribution in [3.05, 3.63) is 88.1 Å². The van der Waals surface area contributed by atoms with Crippen LogP contribution in [0.15, 0.2) is 71.2 Å². The average Bonchev–Trinajstić information content (AvgIpc) is 2.84. The Balaban J connectivity index is 1.78. The highest BCUT2D eigenvalue weighted by Gasteiger charge is 2.21. The fraction of sp³-hybridized carbons (Fsp3) is 0.179. The fourth-order valence-corrected chi connectivity index (χ4v) is 4.22. The molecule has 1 aromatic heterocycles. The summed E-state index contributed by atoms with van der Waals surface area (Å²) in [5.41, 5.74) is 3.58. The number of nitrogens with zero attached hydrogens (tertiary/aromatic N) is 1. The molecule has 3 aromatic carbocycles. The number of fused-ring (bicyclic) bond motifs is 1. The van der Waals surface area contributed by atoms with Gasteiger partial charge >= 0.3 is 5.97 Å². The Labute approximate surface area is 211 Å². The van der Waals surface area contributed by atoms with Gasteiger partial charge < -0.3 is 10.1 Å². The maximum absolute atomic E-state index is 13.9. The largest absolute Gasteiger partial charge is 0.424 e. The van der Waals surface area contributed by atoms with Gasteiger partial charge in [-0.3, -0.25) is 9.59 Å². The molecular weight excluding hydrogens is 511 g/mol. The lowest BCUT2D eigenvalue weighted by Crippen LogP contribution is -2.17. The lowest BCUT2D eigenvalue weighted by molar-refractivity contribution is -0.134. The van der Waals surface area contributed by atoms with Gasteiger partial charge in [-0.25, -0.2) is 9.37 Å². The van der Waals surface area contributed by atoms with E-state index in [1.54, 1.807) is 0 Å². The predicted molar refractivity (Wildman–Crippen MR) is 139 cm³/mol. The number of rotatable bonds is 7. The number of carbonyl (C=O) groups is 2. The molecule has 0 aliphatic heterocycles. The number of esters is 1. The minimum Gasteiger partial charge on any atom is -0.424 e. The molecule has 0 bridgehead atoms. The molecule has 0 atom stereocenters. The van der Waals surface area contributed by atoms with Crippen molar-refractivity contribution in [2.45, 2.75) is 33.1 Å². The SMILES string of the molecule is CCCCC(=O)Oc1cc(F)ccc1NC(=O)c1c(C)c(-c2ccccc2)nc2ccc(Br)cc12. The molecule has 35 heavy (non-hydrogen) atoms. The second-order valence-corrected chi connectivity index (χ2v) is 9.08. The number of carbonyl (C=O) groups excluding carboxylic acids is 2. The van der Waals surface area contributed by atoms with Crippen LogP contribution in [-0.2, 0) is 4.79 Å².